The minimum atomic E-state index is -0.800. The second kappa shape index (κ2) is 10.8. The van der Waals surface area contributed by atoms with Crippen LogP contribution in [0.5, 0.6) is 0 Å². The maximum Gasteiger partial charge on any atom is 0.293 e. The highest BCUT2D eigenvalue weighted by molar-refractivity contribution is 5.98. The third-order valence-corrected chi connectivity index (χ3v) is 5.79. The number of anilines is 1. The molecule has 9 nitrogen and oxygen atoms in total. The first-order chi connectivity index (χ1) is 16.9. The molecule has 0 aliphatic heterocycles. The topological polar surface area (TPSA) is 126 Å². The van der Waals surface area contributed by atoms with Crippen LogP contribution in [0.15, 0.2) is 72.9 Å². The molecule has 1 aromatic heterocycles. The van der Waals surface area contributed by atoms with Gasteiger partial charge >= 0.3 is 0 Å². The molecule has 1 aliphatic carbocycles. The molecule has 1 heterocycles. The summed E-state index contributed by atoms with van der Waals surface area (Å²) in [6, 6.07) is 18.1. The molecule has 2 amide bonds. The van der Waals surface area contributed by atoms with Crippen molar-refractivity contribution in [1.29, 1.82) is 0 Å². The fourth-order valence-electron chi connectivity index (χ4n) is 3.72. The molecule has 2 aromatic carbocycles. The summed E-state index contributed by atoms with van der Waals surface area (Å²) in [5, 5.41) is 20.6. The molecule has 35 heavy (non-hydrogen) atoms. The fraction of sp³-hybridized carbons (Fsp3) is 0.269. The quantitative estimate of drug-likeness (QED) is 0.304. The molecule has 3 aromatic rings. The van der Waals surface area contributed by atoms with E-state index in [0.29, 0.717) is 6.42 Å². The van der Waals surface area contributed by atoms with Gasteiger partial charge in [0.05, 0.1) is 16.7 Å². The zero-order valence-corrected chi connectivity index (χ0v) is 19.3. The van der Waals surface area contributed by atoms with Crippen LogP contribution in [-0.2, 0) is 11.2 Å². The van der Waals surface area contributed by atoms with Gasteiger partial charge in [-0.2, -0.15) is 0 Å². The van der Waals surface area contributed by atoms with Gasteiger partial charge in [0, 0.05) is 30.3 Å². The Kier molecular flexibility index (Phi) is 7.35. The summed E-state index contributed by atoms with van der Waals surface area (Å²) in [6.45, 7) is 1.85. The summed E-state index contributed by atoms with van der Waals surface area (Å²) in [7, 11) is 0. The second-order valence-corrected chi connectivity index (χ2v) is 8.61. The van der Waals surface area contributed by atoms with Gasteiger partial charge in [-0.1, -0.05) is 36.4 Å². The van der Waals surface area contributed by atoms with Crippen LogP contribution in [0.4, 0.5) is 11.4 Å². The van der Waals surface area contributed by atoms with E-state index in [9.17, 15) is 19.7 Å². The molecule has 0 unspecified atom stereocenters. The van der Waals surface area contributed by atoms with Crippen LogP contribution in [0.25, 0.3) is 0 Å². The predicted octanol–water partition coefficient (Wildman–Crippen LogP) is 3.78. The highest BCUT2D eigenvalue weighted by Gasteiger charge is 2.29. The lowest BCUT2D eigenvalue weighted by Crippen LogP contribution is -2.48. The molecule has 2 atom stereocenters. The first kappa shape index (κ1) is 23.9. The molecule has 3 N–H and O–H groups in total. The van der Waals surface area contributed by atoms with Gasteiger partial charge in [-0.05, 0) is 49.6 Å². The van der Waals surface area contributed by atoms with Crippen LogP contribution in [0.1, 0.15) is 47.4 Å². The molecule has 1 saturated carbocycles. The number of rotatable bonds is 10. The van der Waals surface area contributed by atoms with E-state index in [1.165, 1.54) is 18.2 Å². The molecular weight excluding hydrogens is 446 g/mol. The van der Waals surface area contributed by atoms with E-state index in [2.05, 4.69) is 20.9 Å². The fourth-order valence-corrected chi connectivity index (χ4v) is 3.72. The van der Waals surface area contributed by atoms with E-state index in [1.807, 2.05) is 49.4 Å². The number of nitrogens with one attached hydrogen (secondary N) is 3. The predicted molar refractivity (Wildman–Crippen MR) is 132 cm³/mol. The average Bonchev–Trinajstić information content (AvgIpc) is 3.68. The van der Waals surface area contributed by atoms with Crippen molar-refractivity contribution in [1.82, 2.24) is 15.6 Å². The first-order valence-electron chi connectivity index (χ1n) is 11.5. The maximum atomic E-state index is 13.0. The molecule has 0 saturated heterocycles. The second-order valence-electron chi connectivity index (χ2n) is 8.61. The Morgan fingerprint density at radius 2 is 1.83 bits per heavy atom. The summed E-state index contributed by atoms with van der Waals surface area (Å²) in [6.07, 6.45) is 3.82. The maximum absolute atomic E-state index is 13.0. The number of carbonyl (C=O) groups is 2. The Morgan fingerprint density at radius 3 is 2.49 bits per heavy atom. The molecule has 9 heteroatoms. The van der Waals surface area contributed by atoms with Crippen molar-refractivity contribution in [2.45, 2.75) is 44.3 Å². The number of benzene rings is 2. The van der Waals surface area contributed by atoms with E-state index in [1.54, 1.807) is 12.3 Å². The monoisotopic (exact) mass is 473 g/mol. The van der Waals surface area contributed by atoms with Crippen molar-refractivity contribution in [2.24, 2.45) is 0 Å². The number of nitrogens with zero attached hydrogens (tertiary/aromatic N) is 2. The molecule has 1 aliphatic rings. The molecular formula is C26H27N5O4. The van der Waals surface area contributed by atoms with Gasteiger partial charge in [0.15, 0.2) is 0 Å². The number of pyridine rings is 1. The van der Waals surface area contributed by atoms with Gasteiger partial charge in [0.1, 0.15) is 11.7 Å². The van der Waals surface area contributed by atoms with Gasteiger partial charge in [-0.15, -0.1) is 0 Å². The van der Waals surface area contributed by atoms with Crippen LogP contribution in [0, 0.1) is 10.1 Å². The Labute approximate surface area is 203 Å². The zero-order valence-electron chi connectivity index (χ0n) is 19.3. The minimum absolute atomic E-state index is 0.102. The van der Waals surface area contributed by atoms with Crippen molar-refractivity contribution in [3.05, 3.63) is 99.9 Å². The van der Waals surface area contributed by atoms with Gasteiger partial charge < -0.3 is 16.0 Å². The highest BCUT2D eigenvalue weighted by atomic mass is 16.6. The van der Waals surface area contributed by atoms with Crippen LogP contribution < -0.4 is 16.0 Å². The number of amides is 2. The molecule has 0 radical (unpaired) electrons. The van der Waals surface area contributed by atoms with Gasteiger partial charge in [-0.3, -0.25) is 24.7 Å². The minimum Gasteiger partial charge on any atom is -0.371 e. The molecule has 0 spiro atoms. The van der Waals surface area contributed by atoms with E-state index >= 15 is 0 Å². The van der Waals surface area contributed by atoms with Gasteiger partial charge in [0.2, 0.25) is 5.91 Å². The lowest BCUT2D eigenvalue weighted by molar-refractivity contribution is -0.384. The highest BCUT2D eigenvalue weighted by Crippen LogP contribution is 2.29. The largest absolute Gasteiger partial charge is 0.371 e. The van der Waals surface area contributed by atoms with Gasteiger partial charge in [-0.25, -0.2) is 0 Å². The Bertz CT molecular complexity index is 1200. The standard InChI is InChI=1S/C26H27N5O4/c1-17(21-9-5-6-14-27-21)28-22-13-10-19(16-24(22)31(34)35)25(32)30-23(26(33)29-20-11-12-20)15-18-7-3-2-4-8-18/h2-10,13-14,16-17,20,23,28H,11-12,15H2,1H3,(H,29,33)(H,30,32)/t17-,23-/m1/s1. The van der Waals surface area contributed by atoms with Crippen LogP contribution in [0.3, 0.4) is 0 Å². The molecule has 0 bridgehead atoms. The van der Waals surface area contributed by atoms with E-state index in [4.69, 9.17) is 0 Å². The van der Waals surface area contributed by atoms with Crippen LogP contribution in [0.2, 0.25) is 0 Å². The van der Waals surface area contributed by atoms with Crippen molar-refractivity contribution in [2.75, 3.05) is 5.32 Å². The lowest BCUT2D eigenvalue weighted by atomic mass is 10.0. The van der Waals surface area contributed by atoms with Crippen molar-refractivity contribution < 1.29 is 14.5 Å². The molecule has 1 fully saturated rings. The summed E-state index contributed by atoms with van der Waals surface area (Å²) in [5.41, 5.74) is 1.77. The van der Waals surface area contributed by atoms with Crippen molar-refractivity contribution in [3.8, 4) is 0 Å². The third kappa shape index (κ3) is 6.41. The number of hydrogen-bond acceptors (Lipinski definition) is 6. The van der Waals surface area contributed by atoms with Gasteiger partial charge in [0.25, 0.3) is 11.6 Å². The van der Waals surface area contributed by atoms with E-state index < -0.39 is 16.9 Å². The lowest BCUT2D eigenvalue weighted by Gasteiger charge is -2.19. The smallest absolute Gasteiger partial charge is 0.293 e. The van der Waals surface area contributed by atoms with Crippen LogP contribution >= 0.6 is 0 Å². The Balaban J connectivity index is 1.51. The zero-order chi connectivity index (χ0) is 24.8. The normalized spacial score (nSPS) is 14.4. The third-order valence-electron chi connectivity index (χ3n) is 5.79. The first-order valence-corrected chi connectivity index (χ1v) is 11.5. The summed E-state index contributed by atoms with van der Waals surface area (Å²) in [5.74, 6) is -0.814. The Morgan fingerprint density at radius 1 is 1.09 bits per heavy atom. The summed E-state index contributed by atoms with van der Waals surface area (Å²) >= 11 is 0. The summed E-state index contributed by atoms with van der Waals surface area (Å²) in [4.78, 5) is 41.3. The number of aromatic nitrogens is 1. The Hall–Kier alpha value is -4.27. The summed E-state index contributed by atoms with van der Waals surface area (Å²) < 4.78 is 0. The number of carbonyl (C=O) groups excluding carboxylic acids is 2. The van der Waals surface area contributed by atoms with E-state index in [0.717, 1.165) is 24.1 Å². The number of nitro benzene ring substituents is 1. The average molecular weight is 474 g/mol. The van der Waals surface area contributed by atoms with E-state index in [-0.39, 0.29) is 34.9 Å². The van der Waals surface area contributed by atoms with Crippen molar-refractivity contribution >= 4 is 23.2 Å². The molecule has 180 valence electrons. The molecule has 4 rings (SSSR count). The number of nitro groups is 1. The van der Waals surface area contributed by atoms with Crippen molar-refractivity contribution in [3.63, 3.8) is 0 Å². The number of hydrogen-bond donors (Lipinski definition) is 3. The van der Waals surface area contributed by atoms with Crippen LogP contribution in [-0.4, -0.2) is 33.8 Å². The SMILES string of the molecule is C[C@@H](Nc1ccc(C(=O)N[C@H](Cc2ccccc2)C(=O)NC2CC2)cc1[N+](=O)[O-])c1ccccn1.